The molecule has 2 aliphatic rings. The maximum atomic E-state index is 12.8. The maximum Gasteiger partial charge on any atom is 0.352 e. The summed E-state index contributed by atoms with van der Waals surface area (Å²) in [5.74, 6) is -1.59. The van der Waals surface area contributed by atoms with Gasteiger partial charge in [-0.3, -0.25) is 14.5 Å². The highest BCUT2D eigenvalue weighted by atomic mass is 32.2. The number of aromatic nitrogens is 3. The van der Waals surface area contributed by atoms with Crippen molar-refractivity contribution in [2.75, 3.05) is 16.8 Å². The number of aromatic amines is 1. The number of primary amides is 1. The van der Waals surface area contributed by atoms with Gasteiger partial charge in [0.2, 0.25) is 5.91 Å². The Bertz CT molecular complexity index is 1150. The van der Waals surface area contributed by atoms with Crippen molar-refractivity contribution in [2.45, 2.75) is 22.5 Å². The van der Waals surface area contributed by atoms with Gasteiger partial charge < -0.3 is 27.2 Å². The molecule has 1 aromatic carbocycles. The van der Waals surface area contributed by atoms with Gasteiger partial charge >= 0.3 is 12.0 Å². The molecule has 34 heavy (non-hydrogen) atoms. The Balaban J connectivity index is 1.41. The van der Waals surface area contributed by atoms with E-state index in [1.807, 2.05) is 0 Å². The van der Waals surface area contributed by atoms with Crippen LogP contribution in [0.5, 0.6) is 0 Å². The third-order valence-electron chi connectivity index (χ3n) is 5.15. The van der Waals surface area contributed by atoms with Gasteiger partial charge in [-0.05, 0) is 23.3 Å². The number of carboxylic acids is 1. The summed E-state index contributed by atoms with van der Waals surface area (Å²) in [5.41, 5.74) is 12.5. The predicted molar refractivity (Wildman–Crippen MR) is 123 cm³/mol. The lowest BCUT2D eigenvalue weighted by atomic mass is 10.0. The van der Waals surface area contributed by atoms with Crippen LogP contribution in [0, 0.1) is 0 Å². The second-order valence-corrected chi connectivity index (χ2v) is 9.44. The number of nitrogens with one attached hydrogen (secondary N) is 3. The lowest BCUT2D eigenvalue weighted by molar-refractivity contribution is -0.150. The van der Waals surface area contributed by atoms with Gasteiger partial charge in [0.1, 0.15) is 28.2 Å². The number of fused-ring (bicyclic) bond motifs is 1. The average molecular weight is 505 g/mol. The first kappa shape index (κ1) is 23.6. The van der Waals surface area contributed by atoms with Crippen molar-refractivity contribution >= 4 is 53.0 Å². The fraction of sp³-hybridized carbons (Fsp3) is 0.263. The summed E-state index contributed by atoms with van der Waals surface area (Å²) in [6.45, 7) is 0. The molecule has 178 valence electrons. The van der Waals surface area contributed by atoms with Crippen LogP contribution in [0.15, 0.2) is 46.8 Å². The highest BCUT2D eigenvalue weighted by Gasteiger charge is 2.54. The average Bonchev–Trinajstić information content (AvgIpc) is 3.33. The Morgan fingerprint density at radius 3 is 2.68 bits per heavy atom. The van der Waals surface area contributed by atoms with Crippen LogP contribution < -0.4 is 22.1 Å². The minimum atomic E-state index is -1.21. The molecule has 0 spiro atoms. The van der Waals surface area contributed by atoms with Gasteiger partial charge in [-0.2, -0.15) is 10.3 Å². The van der Waals surface area contributed by atoms with Gasteiger partial charge in [-0.15, -0.1) is 16.9 Å². The number of aliphatic carboxylic acids is 1. The summed E-state index contributed by atoms with van der Waals surface area (Å²) >= 11 is 2.67. The quantitative estimate of drug-likeness (QED) is 0.206. The summed E-state index contributed by atoms with van der Waals surface area (Å²) in [7, 11) is 0. The summed E-state index contributed by atoms with van der Waals surface area (Å²) in [6, 6.07) is 3.53. The first-order valence-electron chi connectivity index (χ1n) is 9.87. The van der Waals surface area contributed by atoms with E-state index < -0.39 is 41.3 Å². The molecule has 13 nitrogen and oxygen atoms in total. The molecule has 4 amide bonds. The largest absolute Gasteiger partial charge is 0.477 e. The van der Waals surface area contributed by atoms with Crippen LogP contribution >= 0.6 is 23.5 Å². The fourth-order valence-corrected chi connectivity index (χ4v) is 5.80. The van der Waals surface area contributed by atoms with Crippen molar-refractivity contribution < 1.29 is 24.3 Å². The molecular weight excluding hydrogens is 484 g/mol. The summed E-state index contributed by atoms with van der Waals surface area (Å²) < 4.78 is 0. The lowest BCUT2D eigenvalue weighted by Gasteiger charge is -2.49. The first-order chi connectivity index (χ1) is 16.3. The van der Waals surface area contributed by atoms with Crippen molar-refractivity contribution in [3.8, 4) is 0 Å². The van der Waals surface area contributed by atoms with Crippen molar-refractivity contribution in [2.24, 2.45) is 11.5 Å². The molecule has 1 saturated heterocycles. The number of hydrogen-bond acceptors (Lipinski definition) is 9. The molecule has 1 fully saturated rings. The number of hydrogen-bond donors (Lipinski definition) is 6. The first-order valence-corrected chi connectivity index (χ1v) is 11.9. The maximum absolute atomic E-state index is 12.8. The molecule has 2 unspecified atom stereocenters. The number of urea groups is 1. The fourth-order valence-electron chi connectivity index (χ4n) is 3.53. The van der Waals surface area contributed by atoms with E-state index in [1.54, 1.807) is 24.3 Å². The monoisotopic (exact) mass is 504 g/mol. The van der Waals surface area contributed by atoms with Crippen molar-refractivity contribution in [3.63, 3.8) is 0 Å². The summed E-state index contributed by atoms with van der Waals surface area (Å²) in [4.78, 5) is 49.5. The number of β-lactam (4-membered cyclic amide) rings is 1. The summed E-state index contributed by atoms with van der Waals surface area (Å²) in [6.07, 6.45) is 1.52. The number of carbonyl (C=O) groups is 4. The zero-order chi connectivity index (χ0) is 24.4. The second kappa shape index (κ2) is 9.74. The molecule has 8 N–H and O–H groups in total. The van der Waals surface area contributed by atoms with Gasteiger partial charge in [-0.1, -0.05) is 23.9 Å². The number of carboxylic acid groups (broad SMARTS) is 1. The number of thioether (sulfide) groups is 2. The predicted octanol–water partition coefficient (Wildman–Crippen LogP) is -0.174. The van der Waals surface area contributed by atoms with Gasteiger partial charge in [0, 0.05) is 17.2 Å². The van der Waals surface area contributed by atoms with Crippen LogP contribution in [0.2, 0.25) is 0 Å². The smallest absolute Gasteiger partial charge is 0.352 e. The molecule has 1 aromatic heterocycles. The molecular formula is C19H20N8O5S2. The third kappa shape index (κ3) is 4.71. The molecule has 3 heterocycles. The molecule has 15 heteroatoms. The van der Waals surface area contributed by atoms with E-state index in [2.05, 4.69) is 26.0 Å². The zero-order valence-corrected chi connectivity index (χ0v) is 19.1. The SMILES string of the molecule is NC(=O)Nc1ccc(C(N)C(=O)NC2C(=O)N3C(C(=O)O)=C(CSc4cn[nH]n4)CS[C@H]23)cc1. The Kier molecular flexibility index (Phi) is 6.76. The van der Waals surface area contributed by atoms with Crippen molar-refractivity contribution in [1.82, 2.24) is 25.6 Å². The zero-order valence-electron chi connectivity index (χ0n) is 17.4. The number of rotatable bonds is 8. The normalized spacial score (nSPS) is 20.3. The Morgan fingerprint density at radius 1 is 1.32 bits per heavy atom. The minimum absolute atomic E-state index is 0.0721. The van der Waals surface area contributed by atoms with Gasteiger partial charge in [0.15, 0.2) is 0 Å². The number of nitrogens with zero attached hydrogens (tertiary/aromatic N) is 3. The molecule has 2 aromatic rings. The molecule has 0 aliphatic carbocycles. The molecule has 0 radical (unpaired) electrons. The van der Waals surface area contributed by atoms with E-state index >= 15 is 0 Å². The molecule has 0 bridgehead atoms. The molecule has 4 rings (SSSR count). The standard InChI is InChI=1S/C19H20N8O5S2/c20-12(8-1-3-10(4-2-8)23-19(21)32)15(28)24-13-16(29)27-14(18(30)31)9(7-34-17(13)27)6-33-11-5-22-26-25-11/h1-5,12-13,17H,6-7,20H2,(H,24,28)(H,30,31)(H3,21,23,32)(H,22,25,26)/t12?,13?,17-/m1/s1. The Labute approximate surface area is 201 Å². The van der Waals surface area contributed by atoms with Crippen LogP contribution in [0.3, 0.4) is 0 Å². The summed E-state index contributed by atoms with van der Waals surface area (Å²) in [5, 5.41) is 25.0. The van der Waals surface area contributed by atoms with Crippen molar-refractivity contribution in [3.05, 3.63) is 47.3 Å². The van der Waals surface area contributed by atoms with E-state index in [9.17, 15) is 24.3 Å². The third-order valence-corrected chi connectivity index (χ3v) is 7.48. The van der Waals surface area contributed by atoms with Crippen molar-refractivity contribution in [1.29, 1.82) is 0 Å². The molecule has 0 saturated carbocycles. The van der Waals surface area contributed by atoms with E-state index in [0.717, 1.165) is 0 Å². The number of amides is 4. The van der Waals surface area contributed by atoms with Crippen LogP contribution in [-0.2, 0) is 14.4 Å². The number of anilines is 1. The van der Waals surface area contributed by atoms with Crippen LogP contribution in [0.25, 0.3) is 0 Å². The van der Waals surface area contributed by atoms with Crippen LogP contribution in [-0.4, -0.2) is 72.2 Å². The Hall–Kier alpha value is -3.56. The van der Waals surface area contributed by atoms with Gasteiger partial charge in [0.05, 0.1) is 6.20 Å². The minimum Gasteiger partial charge on any atom is -0.477 e. The lowest BCUT2D eigenvalue weighted by Crippen LogP contribution is -2.71. The number of benzene rings is 1. The molecule has 3 atom stereocenters. The highest BCUT2D eigenvalue weighted by molar-refractivity contribution is 8.01. The number of carbonyl (C=O) groups excluding carboxylic acids is 3. The van der Waals surface area contributed by atoms with E-state index in [0.29, 0.717) is 33.4 Å². The van der Waals surface area contributed by atoms with Gasteiger partial charge in [-0.25, -0.2) is 9.59 Å². The second-order valence-electron chi connectivity index (χ2n) is 7.34. The van der Waals surface area contributed by atoms with Crippen LogP contribution in [0.4, 0.5) is 10.5 Å². The molecule has 2 aliphatic heterocycles. The number of nitrogens with two attached hydrogens (primary N) is 2. The number of H-pyrrole nitrogens is 1. The van der Waals surface area contributed by atoms with E-state index in [4.69, 9.17) is 11.5 Å². The Morgan fingerprint density at radius 2 is 2.06 bits per heavy atom. The van der Waals surface area contributed by atoms with E-state index in [-0.39, 0.29) is 5.70 Å². The highest BCUT2D eigenvalue weighted by Crippen LogP contribution is 2.41. The van der Waals surface area contributed by atoms with Gasteiger partial charge in [0.25, 0.3) is 5.91 Å². The van der Waals surface area contributed by atoms with E-state index in [1.165, 1.54) is 34.6 Å². The van der Waals surface area contributed by atoms with Crippen LogP contribution in [0.1, 0.15) is 11.6 Å². The topological polar surface area (TPSA) is 209 Å².